The van der Waals surface area contributed by atoms with Crippen molar-refractivity contribution in [1.29, 1.82) is 0 Å². The number of benzene rings is 1. The zero-order valence-electron chi connectivity index (χ0n) is 11.6. The summed E-state index contributed by atoms with van der Waals surface area (Å²) in [6, 6.07) is 8.47. The Bertz CT molecular complexity index is 427. The van der Waals surface area contributed by atoms with Crippen molar-refractivity contribution < 1.29 is 4.79 Å². The first-order valence-corrected chi connectivity index (χ1v) is 6.87. The van der Waals surface area contributed by atoms with Crippen LogP contribution < -0.4 is 4.90 Å². The number of anilines is 1. The van der Waals surface area contributed by atoms with Gasteiger partial charge in [0, 0.05) is 31.6 Å². The Morgan fingerprint density at radius 1 is 1.39 bits per heavy atom. The highest BCUT2D eigenvalue weighted by Gasteiger charge is 2.27. The summed E-state index contributed by atoms with van der Waals surface area (Å²) in [4.78, 5) is 14.2. The third-order valence-corrected chi connectivity index (χ3v) is 3.96. The van der Waals surface area contributed by atoms with E-state index in [1.807, 2.05) is 0 Å². The highest BCUT2D eigenvalue weighted by Crippen LogP contribution is 2.27. The SMILES string of the molecule is Cc1cccc(N(C)CC2CC(C)CCC2=O)c1. The van der Waals surface area contributed by atoms with Gasteiger partial charge in [-0.2, -0.15) is 0 Å². The molecule has 0 amide bonds. The number of hydrogen-bond donors (Lipinski definition) is 0. The second-order valence-electron chi connectivity index (χ2n) is 5.76. The fourth-order valence-corrected chi connectivity index (χ4v) is 2.81. The molecule has 0 aromatic heterocycles. The van der Waals surface area contributed by atoms with Crippen molar-refractivity contribution >= 4 is 11.5 Å². The number of rotatable bonds is 3. The lowest BCUT2D eigenvalue weighted by Crippen LogP contribution is -2.34. The molecule has 1 saturated carbocycles. The predicted molar refractivity (Wildman–Crippen MR) is 76.0 cm³/mol. The average molecular weight is 245 g/mol. The number of ketones is 1. The second kappa shape index (κ2) is 5.55. The Morgan fingerprint density at radius 3 is 2.89 bits per heavy atom. The normalized spacial score (nSPS) is 24.1. The minimum absolute atomic E-state index is 0.222. The topological polar surface area (TPSA) is 20.3 Å². The van der Waals surface area contributed by atoms with Gasteiger partial charge in [0.05, 0.1) is 0 Å². The highest BCUT2D eigenvalue weighted by molar-refractivity contribution is 5.82. The number of hydrogen-bond acceptors (Lipinski definition) is 2. The molecular weight excluding hydrogens is 222 g/mol. The van der Waals surface area contributed by atoms with E-state index < -0.39 is 0 Å². The van der Waals surface area contributed by atoms with Crippen LogP contribution in [0.4, 0.5) is 5.69 Å². The Hall–Kier alpha value is -1.31. The molecule has 1 aliphatic rings. The number of carbonyl (C=O) groups is 1. The Labute approximate surface area is 110 Å². The van der Waals surface area contributed by atoms with Crippen LogP contribution in [-0.2, 0) is 4.79 Å². The maximum absolute atomic E-state index is 11.9. The molecule has 1 aliphatic carbocycles. The van der Waals surface area contributed by atoms with Crippen molar-refractivity contribution in [2.45, 2.75) is 33.1 Å². The molecule has 1 fully saturated rings. The zero-order valence-corrected chi connectivity index (χ0v) is 11.6. The zero-order chi connectivity index (χ0) is 13.1. The average Bonchev–Trinajstić information content (AvgIpc) is 2.34. The van der Waals surface area contributed by atoms with Gasteiger partial charge in [-0.3, -0.25) is 4.79 Å². The van der Waals surface area contributed by atoms with Crippen LogP contribution in [0.25, 0.3) is 0 Å². The molecule has 1 aromatic rings. The Morgan fingerprint density at radius 2 is 2.17 bits per heavy atom. The van der Waals surface area contributed by atoms with E-state index in [9.17, 15) is 4.79 Å². The molecule has 2 atom stereocenters. The van der Waals surface area contributed by atoms with Crippen LogP contribution in [0.15, 0.2) is 24.3 Å². The van der Waals surface area contributed by atoms with Gasteiger partial charge in [-0.25, -0.2) is 0 Å². The Kier molecular flexibility index (Phi) is 4.05. The molecule has 0 heterocycles. The van der Waals surface area contributed by atoms with Crippen molar-refractivity contribution in [1.82, 2.24) is 0 Å². The van der Waals surface area contributed by atoms with Crippen LogP contribution in [0.1, 0.15) is 31.7 Å². The summed E-state index contributed by atoms with van der Waals surface area (Å²) >= 11 is 0. The molecule has 0 radical (unpaired) electrons. The molecule has 0 N–H and O–H groups in total. The quantitative estimate of drug-likeness (QED) is 0.813. The lowest BCUT2D eigenvalue weighted by Gasteiger charge is -2.30. The van der Waals surface area contributed by atoms with Gasteiger partial charge in [-0.1, -0.05) is 19.1 Å². The lowest BCUT2D eigenvalue weighted by atomic mass is 9.81. The van der Waals surface area contributed by atoms with E-state index in [1.165, 1.54) is 11.3 Å². The number of aryl methyl sites for hydroxylation is 1. The summed E-state index contributed by atoms with van der Waals surface area (Å²) < 4.78 is 0. The summed E-state index contributed by atoms with van der Waals surface area (Å²) in [5, 5.41) is 0. The molecule has 0 bridgehead atoms. The van der Waals surface area contributed by atoms with Crippen molar-refractivity contribution in [2.75, 3.05) is 18.5 Å². The first-order chi connectivity index (χ1) is 8.56. The van der Waals surface area contributed by atoms with Crippen LogP contribution in [0, 0.1) is 18.8 Å². The van der Waals surface area contributed by atoms with E-state index >= 15 is 0 Å². The minimum Gasteiger partial charge on any atom is -0.374 e. The lowest BCUT2D eigenvalue weighted by molar-refractivity contribution is -0.125. The fraction of sp³-hybridized carbons (Fsp3) is 0.562. The molecule has 2 unspecified atom stereocenters. The van der Waals surface area contributed by atoms with Crippen molar-refractivity contribution in [2.24, 2.45) is 11.8 Å². The van der Waals surface area contributed by atoms with Crippen LogP contribution in [0.5, 0.6) is 0 Å². The molecular formula is C16H23NO. The van der Waals surface area contributed by atoms with Gasteiger partial charge >= 0.3 is 0 Å². The summed E-state index contributed by atoms with van der Waals surface area (Å²) in [5.74, 6) is 1.37. The van der Waals surface area contributed by atoms with Crippen LogP contribution in [0.3, 0.4) is 0 Å². The molecule has 2 rings (SSSR count). The standard InChI is InChI=1S/C16H23NO/c1-12-5-4-6-15(10-12)17(3)11-14-9-13(2)7-8-16(14)18/h4-6,10,13-14H,7-9,11H2,1-3H3. The van der Waals surface area contributed by atoms with E-state index in [0.29, 0.717) is 11.7 Å². The van der Waals surface area contributed by atoms with Gasteiger partial charge < -0.3 is 4.90 Å². The predicted octanol–water partition coefficient (Wildman–Crippen LogP) is 3.44. The summed E-state index contributed by atoms with van der Waals surface area (Å²) in [6.07, 6.45) is 2.89. The van der Waals surface area contributed by atoms with Crippen molar-refractivity contribution in [3.05, 3.63) is 29.8 Å². The first-order valence-electron chi connectivity index (χ1n) is 6.87. The van der Waals surface area contributed by atoms with Gasteiger partial charge in [-0.15, -0.1) is 0 Å². The molecule has 0 aliphatic heterocycles. The van der Waals surface area contributed by atoms with E-state index in [2.05, 4.69) is 50.1 Å². The third kappa shape index (κ3) is 3.12. The highest BCUT2D eigenvalue weighted by atomic mass is 16.1. The van der Waals surface area contributed by atoms with Crippen LogP contribution >= 0.6 is 0 Å². The molecule has 2 heteroatoms. The van der Waals surface area contributed by atoms with Gasteiger partial charge in [0.2, 0.25) is 0 Å². The van der Waals surface area contributed by atoms with Crippen molar-refractivity contribution in [3.63, 3.8) is 0 Å². The minimum atomic E-state index is 0.222. The summed E-state index contributed by atoms with van der Waals surface area (Å²) in [7, 11) is 2.08. The fourth-order valence-electron chi connectivity index (χ4n) is 2.81. The molecule has 98 valence electrons. The molecule has 1 aromatic carbocycles. The number of carbonyl (C=O) groups excluding carboxylic acids is 1. The summed E-state index contributed by atoms with van der Waals surface area (Å²) in [6.45, 7) is 5.21. The first kappa shape index (κ1) is 13.1. The van der Waals surface area contributed by atoms with Crippen LogP contribution in [-0.4, -0.2) is 19.4 Å². The smallest absolute Gasteiger partial charge is 0.137 e. The Balaban J connectivity index is 2.02. The molecule has 18 heavy (non-hydrogen) atoms. The van der Waals surface area contributed by atoms with Crippen LogP contribution in [0.2, 0.25) is 0 Å². The largest absolute Gasteiger partial charge is 0.374 e. The number of nitrogens with zero attached hydrogens (tertiary/aromatic N) is 1. The van der Waals surface area contributed by atoms with Gasteiger partial charge in [0.1, 0.15) is 5.78 Å². The number of Topliss-reactive ketones (excluding diaryl/α,β-unsaturated/α-hetero) is 1. The molecule has 2 nitrogen and oxygen atoms in total. The summed E-state index contributed by atoms with van der Waals surface area (Å²) in [5.41, 5.74) is 2.48. The molecule has 0 spiro atoms. The maximum Gasteiger partial charge on any atom is 0.137 e. The monoisotopic (exact) mass is 245 g/mol. The van der Waals surface area contributed by atoms with E-state index in [0.717, 1.165) is 25.8 Å². The second-order valence-corrected chi connectivity index (χ2v) is 5.76. The van der Waals surface area contributed by atoms with E-state index in [-0.39, 0.29) is 5.92 Å². The van der Waals surface area contributed by atoms with Crippen molar-refractivity contribution in [3.8, 4) is 0 Å². The maximum atomic E-state index is 11.9. The van der Waals surface area contributed by atoms with Gasteiger partial charge in [0.25, 0.3) is 0 Å². The van der Waals surface area contributed by atoms with Gasteiger partial charge in [-0.05, 0) is 43.4 Å². The van der Waals surface area contributed by atoms with E-state index in [4.69, 9.17) is 0 Å². The van der Waals surface area contributed by atoms with E-state index in [1.54, 1.807) is 0 Å². The molecule has 0 saturated heterocycles. The van der Waals surface area contributed by atoms with Gasteiger partial charge in [0.15, 0.2) is 0 Å². The third-order valence-electron chi connectivity index (χ3n) is 3.96.